The van der Waals surface area contributed by atoms with Crippen molar-refractivity contribution in [2.75, 3.05) is 0 Å². The van der Waals surface area contributed by atoms with Gasteiger partial charge in [0.2, 0.25) is 0 Å². The van der Waals surface area contributed by atoms with E-state index in [9.17, 15) is 4.79 Å². The summed E-state index contributed by atoms with van der Waals surface area (Å²) in [5.74, 6) is -0.0624. The number of rotatable bonds is 1. The van der Waals surface area contributed by atoms with Crippen LogP contribution in [0.4, 0.5) is 0 Å². The minimum absolute atomic E-state index is 0.0624. The molecule has 2 aromatic heterocycles. The van der Waals surface area contributed by atoms with Crippen LogP contribution >= 0.6 is 0 Å². The summed E-state index contributed by atoms with van der Waals surface area (Å²) in [5, 5.41) is 8.80. The second-order valence-electron chi connectivity index (χ2n) is 2.93. The van der Waals surface area contributed by atoms with Gasteiger partial charge in [-0.3, -0.25) is 9.20 Å². The third kappa shape index (κ3) is 1.07. The zero-order valence-electron chi connectivity index (χ0n) is 7.56. The van der Waals surface area contributed by atoms with Crippen LogP contribution in [0.1, 0.15) is 23.0 Å². The fourth-order valence-corrected chi connectivity index (χ4v) is 1.36. The second kappa shape index (κ2) is 2.96. The Balaban J connectivity index is 2.84. The first-order chi connectivity index (χ1) is 6.74. The van der Waals surface area contributed by atoms with Gasteiger partial charge in [0.25, 0.3) is 0 Å². The number of ketones is 1. The number of nitriles is 1. The summed E-state index contributed by atoms with van der Waals surface area (Å²) in [7, 11) is 0. The van der Waals surface area contributed by atoms with Gasteiger partial charge in [0.15, 0.2) is 11.4 Å². The molecule has 0 bridgehead atoms. The first kappa shape index (κ1) is 8.45. The van der Waals surface area contributed by atoms with Crippen LogP contribution in [-0.2, 0) is 0 Å². The molecule has 0 aliphatic carbocycles. The summed E-state index contributed by atoms with van der Waals surface area (Å²) in [6.07, 6.45) is 3.21. The van der Waals surface area contributed by atoms with Gasteiger partial charge in [0.05, 0.1) is 11.8 Å². The Kier molecular flexibility index (Phi) is 1.79. The van der Waals surface area contributed by atoms with E-state index < -0.39 is 0 Å². The monoisotopic (exact) mass is 185 g/mol. The molecule has 2 heterocycles. The molecule has 0 aromatic carbocycles. The van der Waals surface area contributed by atoms with Gasteiger partial charge in [-0.2, -0.15) is 5.26 Å². The number of hydrogen-bond donors (Lipinski definition) is 0. The Bertz CT molecular complexity index is 548. The number of Topliss-reactive ketones (excluding diaryl/α,β-unsaturated/α-hetero) is 1. The molecular formula is C10H7N3O. The molecule has 0 aliphatic rings. The molecule has 4 heteroatoms. The van der Waals surface area contributed by atoms with Crippen LogP contribution in [0.2, 0.25) is 0 Å². The lowest BCUT2D eigenvalue weighted by atomic mass is 10.3. The number of pyridine rings is 1. The number of fused-ring (bicyclic) bond motifs is 1. The minimum atomic E-state index is -0.0624. The highest BCUT2D eigenvalue weighted by Crippen LogP contribution is 2.11. The van der Waals surface area contributed by atoms with E-state index in [1.165, 1.54) is 13.1 Å². The van der Waals surface area contributed by atoms with Crippen LogP contribution in [0.3, 0.4) is 0 Å². The average molecular weight is 185 g/mol. The maximum atomic E-state index is 11.2. The van der Waals surface area contributed by atoms with Crippen LogP contribution in [0.15, 0.2) is 24.5 Å². The number of aromatic nitrogens is 2. The van der Waals surface area contributed by atoms with Gasteiger partial charge < -0.3 is 0 Å². The number of nitrogens with zero attached hydrogens (tertiary/aromatic N) is 3. The first-order valence-electron chi connectivity index (χ1n) is 4.11. The van der Waals surface area contributed by atoms with E-state index in [1.54, 1.807) is 22.7 Å². The van der Waals surface area contributed by atoms with Crippen LogP contribution in [0.25, 0.3) is 5.65 Å². The standard InChI is InChI=1S/C10H7N3O/c1-7(14)9-6-12-10-8(5-11)3-2-4-13(9)10/h2-4,6H,1H3. The lowest BCUT2D eigenvalue weighted by Gasteiger charge is -1.97. The smallest absolute Gasteiger partial charge is 0.178 e. The predicted molar refractivity (Wildman–Crippen MR) is 49.9 cm³/mol. The van der Waals surface area contributed by atoms with E-state index in [-0.39, 0.29) is 5.78 Å². The molecule has 14 heavy (non-hydrogen) atoms. The highest BCUT2D eigenvalue weighted by atomic mass is 16.1. The molecule has 2 rings (SSSR count). The summed E-state index contributed by atoms with van der Waals surface area (Å²) in [6.45, 7) is 1.47. The average Bonchev–Trinajstić information content (AvgIpc) is 2.60. The minimum Gasteiger partial charge on any atom is -0.296 e. The van der Waals surface area contributed by atoms with E-state index in [0.717, 1.165) is 0 Å². The van der Waals surface area contributed by atoms with E-state index >= 15 is 0 Å². The molecule has 0 atom stereocenters. The van der Waals surface area contributed by atoms with Crippen LogP contribution in [-0.4, -0.2) is 15.2 Å². The van der Waals surface area contributed by atoms with Crippen molar-refractivity contribution in [1.82, 2.24) is 9.38 Å². The quantitative estimate of drug-likeness (QED) is 0.631. The fourth-order valence-electron chi connectivity index (χ4n) is 1.36. The molecule has 0 spiro atoms. The van der Waals surface area contributed by atoms with Crippen molar-refractivity contribution in [3.63, 3.8) is 0 Å². The molecule has 0 fully saturated rings. The normalized spacial score (nSPS) is 10.0. The number of carbonyl (C=O) groups excluding carboxylic acids is 1. The van der Waals surface area contributed by atoms with Crippen molar-refractivity contribution in [3.8, 4) is 6.07 Å². The summed E-state index contributed by atoms with van der Waals surface area (Å²) >= 11 is 0. The molecule has 0 unspecified atom stereocenters. The molecular weight excluding hydrogens is 178 g/mol. The molecule has 2 aromatic rings. The van der Waals surface area contributed by atoms with Gasteiger partial charge in [0, 0.05) is 13.1 Å². The lowest BCUT2D eigenvalue weighted by molar-refractivity contribution is 0.101. The Hall–Kier alpha value is -2.15. The number of hydrogen-bond acceptors (Lipinski definition) is 3. The molecule has 0 aliphatic heterocycles. The largest absolute Gasteiger partial charge is 0.296 e. The highest BCUT2D eigenvalue weighted by Gasteiger charge is 2.09. The molecule has 0 saturated heterocycles. The Labute approximate surface area is 80.4 Å². The van der Waals surface area contributed by atoms with Gasteiger partial charge in [-0.1, -0.05) is 0 Å². The van der Waals surface area contributed by atoms with Crippen LogP contribution < -0.4 is 0 Å². The van der Waals surface area contributed by atoms with E-state index in [4.69, 9.17) is 5.26 Å². The predicted octanol–water partition coefficient (Wildman–Crippen LogP) is 1.41. The van der Waals surface area contributed by atoms with Crippen LogP contribution in [0, 0.1) is 11.3 Å². The van der Waals surface area contributed by atoms with Crippen molar-refractivity contribution in [2.24, 2.45) is 0 Å². The van der Waals surface area contributed by atoms with Crippen molar-refractivity contribution in [1.29, 1.82) is 5.26 Å². The third-order valence-corrected chi connectivity index (χ3v) is 2.02. The Morgan fingerprint density at radius 1 is 1.64 bits per heavy atom. The topological polar surface area (TPSA) is 58.2 Å². The summed E-state index contributed by atoms with van der Waals surface area (Å²) in [6, 6.07) is 5.42. The van der Waals surface area contributed by atoms with E-state index in [0.29, 0.717) is 16.9 Å². The second-order valence-corrected chi connectivity index (χ2v) is 2.93. The van der Waals surface area contributed by atoms with Gasteiger partial charge in [0.1, 0.15) is 11.8 Å². The Morgan fingerprint density at radius 3 is 3.07 bits per heavy atom. The highest BCUT2D eigenvalue weighted by molar-refractivity contribution is 5.93. The van der Waals surface area contributed by atoms with Gasteiger partial charge in [-0.25, -0.2) is 4.98 Å². The fraction of sp³-hybridized carbons (Fsp3) is 0.100. The zero-order valence-corrected chi connectivity index (χ0v) is 7.56. The molecule has 0 saturated carbocycles. The van der Waals surface area contributed by atoms with E-state index in [2.05, 4.69) is 4.98 Å². The van der Waals surface area contributed by atoms with Crippen molar-refractivity contribution >= 4 is 11.4 Å². The van der Waals surface area contributed by atoms with Gasteiger partial charge in [-0.15, -0.1) is 0 Å². The Morgan fingerprint density at radius 2 is 2.43 bits per heavy atom. The lowest BCUT2D eigenvalue weighted by Crippen LogP contribution is -1.98. The third-order valence-electron chi connectivity index (χ3n) is 2.02. The van der Waals surface area contributed by atoms with Crippen molar-refractivity contribution in [3.05, 3.63) is 35.8 Å². The summed E-state index contributed by atoms with van der Waals surface area (Å²) in [5.41, 5.74) is 1.50. The summed E-state index contributed by atoms with van der Waals surface area (Å²) < 4.78 is 1.63. The first-order valence-corrected chi connectivity index (χ1v) is 4.11. The van der Waals surface area contributed by atoms with Gasteiger partial charge >= 0.3 is 0 Å². The number of imidazole rings is 1. The molecule has 68 valence electrons. The molecule has 0 amide bonds. The van der Waals surface area contributed by atoms with Crippen molar-refractivity contribution < 1.29 is 4.79 Å². The van der Waals surface area contributed by atoms with Gasteiger partial charge in [-0.05, 0) is 12.1 Å². The van der Waals surface area contributed by atoms with Crippen LogP contribution in [0.5, 0.6) is 0 Å². The molecule has 0 N–H and O–H groups in total. The number of carbonyl (C=O) groups is 1. The maximum Gasteiger partial charge on any atom is 0.178 e. The zero-order chi connectivity index (χ0) is 10.1. The maximum absolute atomic E-state index is 11.2. The summed E-state index contributed by atoms with van der Waals surface area (Å²) in [4.78, 5) is 15.2. The van der Waals surface area contributed by atoms with E-state index in [1.807, 2.05) is 6.07 Å². The molecule has 0 radical (unpaired) electrons. The van der Waals surface area contributed by atoms with Crippen molar-refractivity contribution in [2.45, 2.75) is 6.92 Å². The SMILES string of the molecule is CC(=O)c1cnc2c(C#N)cccn12. The molecule has 4 nitrogen and oxygen atoms in total.